The standard InChI is InChI=1S/C15H17N5/c16-14(6-12-4-2-1-3-5-12)15-9-17-11-20(15)10-13-7-18-19-8-13/h1-5,7-9,11,14H,6,10,16H2,(H,18,19)/t14-/m1/s1. The highest BCUT2D eigenvalue weighted by atomic mass is 15.1. The van der Waals surface area contributed by atoms with Gasteiger partial charge in [0.2, 0.25) is 0 Å². The number of imidazole rings is 1. The summed E-state index contributed by atoms with van der Waals surface area (Å²) in [6.07, 6.45) is 8.15. The van der Waals surface area contributed by atoms with Crippen molar-refractivity contribution >= 4 is 0 Å². The summed E-state index contributed by atoms with van der Waals surface area (Å²) in [7, 11) is 0. The molecule has 3 aromatic rings. The number of nitrogens with zero attached hydrogens (tertiary/aromatic N) is 3. The lowest BCUT2D eigenvalue weighted by Gasteiger charge is -2.14. The van der Waals surface area contributed by atoms with Crippen LogP contribution in [-0.2, 0) is 13.0 Å². The van der Waals surface area contributed by atoms with Gasteiger partial charge in [0.05, 0.1) is 30.8 Å². The molecule has 5 nitrogen and oxygen atoms in total. The lowest BCUT2D eigenvalue weighted by molar-refractivity contribution is 0.631. The number of benzene rings is 1. The van der Waals surface area contributed by atoms with Crippen molar-refractivity contribution in [1.82, 2.24) is 19.7 Å². The molecule has 0 bridgehead atoms. The molecule has 0 radical (unpaired) electrons. The summed E-state index contributed by atoms with van der Waals surface area (Å²) in [4.78, 5) is 4.22. The minimum absolute atomic E-state index is 0.0631. The Bertz CT molecular complexity index is 642. The number of nitrogens with two attached hydrogens (primary N) is 1. The molecular formula is C15H17N5. The zero-order valence-corrected chi connectivity index (χ0v) is 11.1. The van der Waals surface area contributed by atoms with Crippen LogP contribution in [0, 0.1) is 0 Å². The summed E-state index contributed by atoms with van der Waals surface area (Å²) in [5.41, 5.74) is 9.69. The lowest BCUT2D eigenvalue weighted by atomic mass is 10.0. The highest BCUT2D eigenvalue weighted by Crippen LogP contribution is 2.16. The Hall–Kier alpha value is -2.40. The van der Waals surface area contributed by atoms with Gasteiger partial charge in [0.15, 0.2) is 0 Å². The molecule has 0 saturated heterocycles. The number of aromatic amines is 1. The number of hydrogen-bond donors (Lipinski definition) is 2. The van der Waals surface area contributed by atoms with E-state index in [1.807, 2.05) is 43.1 Å². The maximum Gasteiger partial charge on any atom is 0.0951 e. The first-order valence-corrected chi connectivity index (χ1v) is 6.60. The van der Waals surface area contributed by atoms with E-state index < -0.39 is 0 Å². The molecule has 0 amide bonds. The third-order valence-corrected chi connectivity index (χ3v) is 3.33. The van der Waals surface area contributed by atoms with Crippen molar-refractivity contribution in [2.45, 2.75) is 19.0 Å². The molecular weight excluding hydrogens is 250 g/mol. The predicted molar refractivity (Wildman–Crippen MR) is 77.0 cm³/mol. The van der Waals surface area contributed by atoms with Gasteiger partial charge < -0.3 is 10.3 Å². The second kappa shape index (κ2) is 5.71. The Kier molecular flexibility index (Phi) is 3.60. The maximum atomic E-state index is 6.32. The minimum atomic E-state index is -0.0631. The molecule has 20 heavy (non-hydrogen) atoms. The van der Waals surface area contributed by atoms with E-state index in [1.165, 1.54) is 5.56 Å². The van der Waals surface area contributed by atoms with E-state index in [0.29, 0.717) is 0 Å². The third-order valence-electron chi connectivity index (χ3n) is 3.33. The van der Waals surface area contributed by atoms with E-state index in [0.717, 1.165) is 24.2 Å². The molecule has 1 aromatic carbocycles. The van der Waals surface area contributed by atoms with Gasteiger partial charge in [-0.05, 0) is 12.0 Å². The Morgan fingerprint density at radius 2 is 2.00 bits per heavy atom. The van der Waals surface area contributed by atoms with Crippen LogP contribution in [0.2, 0.25) is 0 Å². The van der Waals surface area contributed by atoms with E-state index in [2.05, 4.69) is 31.9 Å². The van der Waals surface area contributed by atoms with Crippen LogP contribution in [0.1, 0.15) is 22.9 Å². The zero-order chi connectivity index (χ0) is 13.8. The summed E-state index contributed by atoms with van der Waals surface area (Å²) in [6.45, 7) is 0.730. The average Bonchev–Trinajstić information content (AvgIpc) is 3.12. The molecule has 3 rings (SSSR count). The van der Waals surface area contributed by atoms with E-state index in [4.69, 9.17) is 5.73 Å². The van der Waals surface area contributed by atoms with Crippen LogP contribution in [0.15, 0.2) is 55.2 Å². The molecule has 1 atom stereocenters. The van der Waals surface area contributed by atoms with Crippen LogP contribution in [-0.4, -0.2) is 19.7 Å². The van der Waals surface area contributed by atoms with Gasteiger partial charge in [0, 0.05) is 18.0 Å². The molecule has 0 spiro atoms. The number of hydrogen-bond acceptors (Lipinski definition) is 3. The summed E-state index contributed by atoms with van der Waals surface area (Å²) in [5, 5.41) is 6.77. The molecule has 2 heterocycles. The fourth-order valence-corrected chi connectivity index (χ4v) is 2.31. The van der Waals surface area contributed by atoms with Gasteiger partial charge in [-0.1, -0.05) is 30.3 Å². The smallest absolute Gasteiger partial charge is 0.0951 e. The topological polar surface area (TPSA) is 72.5 Å². The van der Waals surface area contributed by atoms with E-state index in [9.17, 15) is 0 Å². The molecule has 0 aliphatic rings. The maximum absolute atomic E-state index is 6.32. The van der Waals surface area contributed by atoms with E-state index >= 15 is 0 Å². The van der Waals surface area contributed by atoms with Crippen molar-refractivity contribution in [1.29, 1.82) is 0 Å². The lowest BCUT2D eigenvalue weighted by Crippen LogP contribution is -2.18. The van der Waals surface area contributed by atoms with Crippen LogP contribution < -0.4 is 5.73 Å². The quantitative estimate of drug-likeness (QED) is 0.741. The normalized spacial score (nSPS) is 12.4. The average molecular weight is 267 g/mol. The molecule has 5 heteroatoms. The van der Waals surface area contributed by atoms with Crippen LogP contribution >= 0.6 is 0 Å². The molecule has 0 aliphatic heterocycles. The van der Waals surface area contributed by atoms with E-state index in [-0.39, 0.29) is 6.04 Å². The molecule has 3 N–H and O–H groups in total. The Morgan fingerprint density at radius 3 is 2.75 bits per heavy atom. The van der Waals surface area contributed by atoms with Crippen molar-refractivity contribution in [2.75, 3.05) is 0 Å². The first-order valence-electron chi connectivity index (χ1n) is 6.60. The van der Waals surface area contributed by atoms with Gasteiger partial charge in [-0.15, -0.1) is 0 Å². The Labute approximate surface area is 117 Å². The van der Waals surface area contributed by atoms with Crippen LogP contribution in [0.5, 0.6) is 0 Å². The third kappa shape index (κ3) is 2.78. The van der Waals surface area contributed by atoms with Crippen molar-refractivity contribution in [3.8, 4) is 0 Å². The van der Waals surface area contributed by atoms with Crippen molar-refractivity contribution < 1.29 is 0 Å². The molecule has 2 aromatic heterocycles. The summed E-state index contributed by atoms with van der Waals surface area (Å²) in [6, 6.07) is 10.2. The molecule has 0 aliphatic carbocycles. The van der Waals surface area contributed by atoms with Gasteiger partial charge in [0.1, 0.15) is 0 Å². The van der Waals surface area contributed by atoms with Gasteiger partial charge >= 0.3 is 0 Å². The Balaban J connectivity index is 1.75. The first-order chi connectivity index (χ1) is 9.83. The second-order valence-corrected chi connectivity index (χ2v) is 4.85. The highest BCUT2D eigenvalue weighted by molar-refractivity contribution is 5.19. The molecule has 0 unspecified atom stereocenters. The SMILES string of the molecule is N[C@H](Cc1ccccc1)c1cncn1Cc1cn[nH]c1. The highest BCUT2D eigenvalue weighted by Gasteiger charge is 2.12. The largest absolute Gasteiger partial charge is 0.329 e. The molecule has 102 valence electrons. The number of aromatic nitrogens is 4. The fraction of sp³-hybridized carbons (Fsp3) is 0.200. The first kappa shape index (κ1) is 12.6. The van der Waals surface area contributed by atoms with Crippen LogP contribution in [0.25, 0.3) is 0 Å². The summed E-state index contributed by atoms with van der Waals surface area (Å²) < 4.78 is 2.07. The van der Waals surface area contributed by atoms with Crippen LogP contribution in [0.3, 0.4) is 0 Å². The van der Waals surface area contributed by atoms with E-state index in [1.54, 1.807) is 0 Å². The summed E-state index contributed by atoms with van der Waals surface area (Å²) in [5.74, 6) is 0. The second-order valence-electron chi connectivity index (χ2n) is 4.85. The van der Waals surface area contributed by atoms with Crippen LogP contribution in [0.4, 0.5) is 0 Å². The minimum Gasteiger partial charge on any atom is -0.329 e. The van der Waals surface area contributed by atoms with Gasteiger partial charge in [0.25, 0.3) is 0 Å². The number of H-pyrrole nitrogens is 1. The van der Waals surface area contributed by atoms with Crippen molar-refractivity contribution in [2.24, 2.45) is 5.73 Å². The monoisotopic (exact) mass is 267 g/mol. The molecule has 0 saturated carbocycles. The molecule has 0 fully saturated rings. The predicted octanol–water partition coefficient (Wildman–Crippen LogP) is 1.90. The zero-order valence-electron chi connectivity index (χ0n) is 11.1. The van der Waals surface area contributed by atoms with Gasteiger partial charge in [-0.2, -0.15) is 5.10 Å². The number of rotatable bonds is 5. The van der Waals surface area contributed by atoms with Crippen molar-refractivity contribution in [3.05, 3.63) is 72.1 Å². The Morgan fingerprint density at radius 1 is 1.15 bits per heavy atom. The fourth-order valence-electron chi connectivity index (χ4n) is 2.31. The van der Waals surface area contributed by atoms with Gasteiger partial charge in [-0.25, -0.2) is 4.98 Å². The van der Waals surface area contributed by atoms with Crippen molar-refractivity contribution in [3.63, 3.8) is 0 Å². The van der Waals surface area contributed by atoms with Gasteiger partial charge in [-0.3, -0.25) is 5.10 Å². The number of nitrogens with one attached hydrogen (secondary N) is 1. The summed E-state index contributed by atoms with van der Waals surface area (Å²) >= 11 is 0.